The molecule has 0 radical (unpaired) electrons. The number of nitrogens with one attached hydrogen (secondary N) is 1. The van der Waals surface area contributed by atoms with Crippen LogP contribution in [0, 0.1) is 0 Å². The third kappa shape index (κ3) is 4.92. The third-order valence-electron chi connectivity index (χ3n) is 3.02. The van der Waals surface area contributed by atoms with Gasteiger partial charge in [0.2, 0.25) is 15.9 Å². The zero-order valence-electron chi connectivity index (χ0n) is 11.8. The van der Waals surface area contributed by atoms with Crippen molar-refractivity contribution >= 4 is 15.9 Å². The Morgan fingerprint density at radius 3 is 2.30 bits per heavy atom. The number of carbonyl (C=O) groups excluding carboxylic acids is 1. The van der Waals surface area contributed by atoms with Crippen molar-refractivity contribution in [3.63, 3.8) is 0 Å². The highest BCUT2D eigenvalue weighted by molar-refractivity contribution is 7.88. The molecule has 0 heterocycles. The fourth-order valence-electron chi connectivity index (χ4n) is 1.62. The molecule has 0 atom stereocenters. The summed E-state index contributed by atoms with van der Waals surface area (Å²) in [5.41, 5.74) is 7.15. The maximum Gasteiger partial charge on any atom is 0.221 e. The van der Waals surface area contributed by atoms with Crippen molar-refractivity contribution in [1.82, 2.24) is 9.62 Å². The Hall–Kier alpha value is -1.44. The molecular weight excluding hydrogens is 278 g/mol. The fourth-order valence-corrected chi connectivity index (χ4v) is 2.82. The predicted octanol–water partition coefficient (Wildman–Crippen LogP) is 0.0430. The van der Waals surface area contributed by atoms with Gasteiger partial charge in [-0.1, -0.05) is 24.3 Å². The zero-order chi connectivity index (χ0) is 15.2. The third-order valence-corrected chi connectivity index (χ3v) is 4.85. The van der Waals surface area contributed by atoms with Crippen molar-refractivity contribution in [2.24, 2.45) is 5.73 Å². The van der Waals surface area contributed by atoms with Crippen LogP contribution in [0.5, 0.6) is 0 Å². The first-order valence-corrected chi connectivity index (χ1v) is 7.92. The van der Waals surface area contributed by atoms with Crippen LogP contribution < -0.4 is 11.1 Å². The molecule has 0 saturated carbocycles. The minimum Gasteiger partial charge on any atom is -0.359 e. The largest absolute Gasteiger partial charge is 0.359 e. The van der Waals surface area contributed by atoms with Crippen LogP contribution in [-0.2, 0) is 27.1 Å². The Labute approximate surface area is 120 Å². The second-order valence-corrected chi connectivity index (χ2v) is 6.60. The van der Waals surface area contributed by atoms with Crippen molar-refractivity contribution in [1.29, 1.82) is 0 Å². The molecule has 0 bridgehead atoms. The monoisotopic (exact) mass is 299 g/mol. The summed E-state index contributed by atoms with van der Waals surface area (Å²) in [6.45, 7) is 0.599. The molecule has 20 heavy (non-hydrogen) atoms. The lowest BCUT2D eigenvalue weighted by Crippen LogP contribution is -2.32. The molecule has 0 aliphatic rings. The molecule has 3 N–H and O–H groups in total. The Morgan fingerprint density at radius 2 is 1.80 bits per heavy atom. The molecule has 0 fully saturated rings. The lowest BCUT2D eigenvalue weighted by atomic mass is 10.1. The number of nitrogens with zero attached hydrogens (tertiary/aromatic N) is 1. The van der Waals surface area contributed by atoms with Gasteiger partial charge in [0.15, 0.2) is 0 Å². The number of sulfonamides is 1. The highest BCUT2D eigenvalue weighted by Crippen LogP contribution is 2.11. The van der Waals surface area contributed by atoms with Gasteiger partial charge < -0.3 is 11.1 Å². The van der Waals surface area contributed by atoms with Crippen molar-refractivity contribution < 1.29 is 13.2 Å². The van der Waals surface area contributed by atoms with Gasteiger partial charge in [-0.3, -0.25) is 4.79 Å². The standard InChI is InChI=1S/C13H21N3O3S/c1-15-13(17)7-8-16(2)20(18,19)10-12-5-3-11(9-14)4-6-12/h3-6H,7-10,14H2,1-2H3,(H,15,17). The minimum atomic E-state index is -3.41. The molecule has 1 amide bonds. The summed E-state index contributed by atoms with van der Waals surface area (Å²) in [5.74, 6) is -0.262. The van der Waals surface area contributed by atoms with Gasteiger partial charge in [0.05, 0.1) is 5.75 Å². The predicted molar refractivity (Wildman–Crippen MR) is 78.3 cm³/mol. The van der Waals surface area contributed by atoms with Crippen LogP contribution in [0.2, 0.25) is 0 Å². The van der Waals surface area contributed by atoms with Gasteiger partial charge in [-0.25, -0.2) is 12.7 Å². The SMILES string of the molecule is CNC(=O)CCN(C)S(=O)(=O)Cc1ccc(CN)cc1. The van der Waals surface area contributed by atoms with Crippen LogP contribution in [0.15, 0.2) is 24.3 Å². The molecule has 0 spiro atoms. The van der Waals surface area contributed by atoms with E-state index in [0.29, 0.717) is 12.1 Å². The summed E-state index contributed by atoms with van der Waals surface area (Å²) in [6.07, 6.45) is 0.151. The number of hydrogen-bond acceptors (Lipinski definition) is 4. The van der Waals surface area contributed by atoms with Gasteiger partial charge in [-0.2, -0.15) is 0 Å². The zero-order valence-corrected chi connectivity index (χ0v) is 12.6. The first-order chi connectivity index (χ1) is 9.39. The Bertz CT molecular complexity index is 540. The van der Waals surface area contributed by atoms with E-state index in [1.54, 1.807) is 12.1 Å². The number of amides is 1. The molecule has 0 unspecified atom stereocenters. The summed E-state index contributed by atoms with van der Waals surface area (Å²) in [4.78, 5) is 11.1. The molecular formula is C13H21N3O3S. The number of nitrogens with two attached hydrogens (primary N) is 1. The van der Waals surface area contributed by atoms with Gasteiger partial charge in [-0.05, 0) is 11.1 Å². The molecule has 1 rings (SSSR count). The van der Waals surface area contributed by atoms with E-state index in [2.05, 4.69) is 5.32 Å². The van der Waals surface area contributed by atoms with Crippen LogP contribution in [0.3, 0.4) is 0 Å². The summed E-state index contributed by atoms with van der Waals surface area (Å²) in [6, 6.07) is 7.14. The van der Waals surface area contributed by atoms with Crippen molar-refractivity contribution in [3.8, 4) is 0 Å². The summed E-state index contributed by atoms with van der Waals surface area (Å²) >= 11 is 0. The molecule has 112 valence electrons. The summed E-state index contributed by atoms with van der Waals surface area (Å²) < 4.78 is 25.5. The van der Waals surface area contributed by atoms with E-state index in [0.717, 1.165) is 5.56 Å². The quantitative estimate of drug-likeness (QED) is 0.743. The molecule has 1 aromatic rings. The van der Waals surface area contributed by atoms with Gasteiger partial charge >= 0.3 is 0 Å². The molecule has 0 aromatic heterocycles. The minimum absolute atomic E-state index is 0.0813. The van der Waals surface area contributed by atoms with Crippen LogP contribution >= 0.6 is 0 Å². The second-order valence-electron chi connectivity index (χ2n) is 4.52. The summed E-state index contributed by atoms with van der Waals surface area (Å²) in [7, 11) is -0.412. The highest BCUT2D eigenvalue weighted by atomic mass is 32.2. The van der Waals surface area contributed by atoms with Crippen molar-refractivity contribution in [3.05, 3.63) is 35.4 Å². The summed E-state index contributed by atoms with van der Waals surface area (Å²) in [5, 5.41) is 2.46. The molecule has 1 aromatic carbocycles. The van der Waals surface area contributed by atoms with E-state index in [4.69, 9.17) is 5.73 Å². The molecule has 0 aliphatic heterocycles. The second kappa shape index (κ2) is 7.37. The number of benzene rings is 1. The van der Waals surface area contributed by atoms with Crippen LogP contribution in [0.25, 0.3) is 0 Å². The van der Waals surface area contributed by atoms with Crippen LogP contribution in [0.1, 0.15) is 17.5 Å². The van der Waals surface area contributed by atoms with Gasteiger partial charge in [-0.15, -0.1) is 0 Å². The van der Waals surface area contributed by atoms with Gasteiger partial charge in [0.1, 0.15) is 0 Å². The maximum atomic E-state index is 12.1. The highest BCUT2D eigenvalue weighted by Gasteiger charge is 2.19. The molecule has 7 heteroatoms. The van der Waals surface area contributed by atoms with Crippen molar-refractivity contribution in [2.75, 3.05) is 20.6 Å². The Balaban J connectivity index is 2.65. The van der Waals surface area contributed by atoms with E-state index in [1.165, 1.54) is 18.4 Å². The van der Waals surface area contributed by atoms with E-state index in [-0.39, 0.29) is 24.6 Å². The fraction of sp³-hybridized carbons (Fsp3) is 0.462. The average Bonchev–Trinajstić information content (AvgIpc) is 2.44. The number of carbonyl (C=O) groups is 1. The normalized spacial score (nSPS) is 11.6. The first kappa shape index (κ1) is 16.6. The van der Waals surface area contributed by atoms with E-state index < -0.39 is 10.0 Å². The number of rotatable bonds is 7. The molecule has 6 nitrogen and oxygen atoms in total. The first-order valence-electron chi connectivity index (χ1n) is 6.31. The molecule has 0 aliphatic carbocycles. The Morgan fingerprint density at radius 1 is 1.25 bits per heavy atom. The van der Waals surface area contributed by atoms with Crippen LogP contribution in [-0.4, -0.2) is 39.3 Å². The lowest BCUT2D eigenvalue weighted by molar-refractivity contribution is -0.120. The topological polar surface area (TPSA) is 92.5 Å². The lowest BCUT2D eigenvalue weighted by Gasteiger charge is -2.16. The average molecular weight is 299 g/mol. The van der Waals surface area contributed by atoms with Crippen LogP contribution in [0.4, 0.5) is 0 Å². The smallest absolute Gasteiger partial charge is 0.221 e. The Kier molecular flexibility index (Phi) is 6.12. The van der Waals surface area contributed by atoms with Gasteiger partial charge in [0.25, 0.3) is 0 Å². The molecule has 0 saturated heterocycles. The van der Waals surface area contributed by atoms with E-state index >= 15 is 0 Å². The van der Waals surface area contributed by atoms with Crippen molar-refractivity contribution in [2.45, 2.75) is 18.7 Å². The number of hydrogen-bond donors (Lipinski definition) is 2. The van der Waals surface area contributed by atoms with E-state index in [9.17, 15) is 13.2 Å². The maximum absolute atomic E-state index is 12.1. The van der Waals surface area contributed by atoms with Gasteiger partial charge in [0, 0.05) is 33.6 Å². The van der Waals surface area contributed by atoms with E-state index in [1.807, 2.05) is 12.1 Å².